The predicted molar refractivity (Wildman–Crippen MR) is 125 cm³/mol. The number of fused-ring (bicyclic) bond motifs is 1. The average Bonchev–Trinajstić information content (AvgIpc) is 3.18. The highest BCUT2D eigenvalue weighted by atomic mass is 16.5. The molecule has 2 aromatic rings. The first-order chi connectivity index (χ1) is 14.7. The summed E-state index contributed by atoms with van der Waals surface area (Å²) in [5.74, 6) is 2.37. The average molecular weight is 414 g/mol. The van der Waals surface area contributed by atoms with Crippen LogP contribution in [-0.4, -0.2) is 32.4 Å². The van der Waals surface area contributed by atoms with Gasteiger partial charge in [-0.2, -0.15) is 0 Å². The van der Waals surface area contributed by atoms with Gasteiger partial charge >= 0.3 is 0 Å². The number of methoxy groups -OCH3 is 2. The lowest BCUT2D eigenvalue weighted by Gasteiger charge is -2.13. The molecule has 2 aromatic carbocycles. The highest BCUT2D eigenvalue weighted by Gasteiger charge is 2.22. The monoisotopic (exact) mass is 413 g/mol. The molecule has 3 rings (SSSR count). The van der Waals surface area contributed by atoms with Crippen LogP contribution in [0.3, 0.4) is 0 Å². The van der Waals surface area contributed by atoms with E-state index in [4.69, 9.17) is 14.6 Å². The maximum absolute atomic E-state index is 8.99. The summed E-state index contributed by atoms with van der Waals surface area (Å²) in [6.45, 7) is 4.56. The molecule has 2 N–H and O–H groups in total. The topological polar surface area (TPSA) is 50.7 Å². The summed E-state index contributed by atoms with van der Waals surface area (Å²) in [6, 6.07) is 13.4. The van der Waals surface area contributed by atoms with Crippen molar-refractivity contribution in [3.8, 4) is 17.2 Å². The Balaban J connectivity index is 0.000000297. The number of benzene rings is 2. The van der Waals surface area contributed by atoms with Gasteiger partial charge in [-0.1, -0.05) is 57.2 Å². The van der Waals surface area contributed by atoms with Crippen molar-refractivity contribution in [2.45, 2.75) is 64.2 Å². The molecule has 0 bridgehead atoms. The lowest BCUT2D eigenvalue weighted by Crippen LogP contribution is -2.21. The zero-order valence-corrected chi connectivity index (χ0v) is 19.0. The third-order valence-electron chi connectivity index (χ3n) is 5.74. The van der Waals surface area contributed by atoms with Crippen LogP contribution in [0.2, 0.25) is 0 Å². The molecule has 0 heterocycles. The second kappa shape index (κ2) is 13.9. The van der Waals surface area contributed by atoms with Crippen molar-refractivity contribution in [1.29, 1.82) is 0 Å². The van der Waals surface area contributed by atoms with Gasteiger partial charge in [0.1, 0.15) is 5.75 Å². The van der Waals surface area contributed by atoms with Gasteiger partial charge in [0, 0.05) is 6.54 Å². The molecule has 1 aliphatic rings. The number of hydrogen-bond acceptors (Lipinski definition) is 4. The molecule has 1 atom stereocenters. The van der Waals surface area contributed by atoms with Crippen molar-refractivity contribution < 1.29 is 14.6 Å². The number of phenols is 1. The van der Waals surface area contributed by atoms with Crippen LogP contribution in [0.1, 0.15) is 68.9 Å². The Hall–Kier alpha value is -2.20. The van der Waals surface area contributed by atoms with E-state index < -0.39 is 0 Å². The normalized spacial score (nSPS) is 14.6. The molecule has 0 radical (unpaired) electrons. The number of aryl methyl sites for hydroxylation is 1. The molecule has 4 nitrogen and oxygen atoms in total. The van der Waals surface area contributed by atoms with E-state index in [2.05, 4.69) is 30.4 Å². The highest BCUT2D eigenvalue weighted by Crippen LogP contribution is 2.34. The number of nitrogens with one attached hydrogen (secondary N) is 1. The number of phenolic OH excluding ortho intramolecular Hbond substituents is 1. The van der Waals surface area contributed by atoms with Crippen molar-refractivity contribution in [2.75, 3.05) is 27.3 Å². The van der Waals surface area contributed by atoms with E-state index in [9.17, 15) is 0 Å². The fourth-order valence-corrected chi connectivity index (χ4v) is 3.94. The smallest absolute Gasteiger partial charge is 0.160 e. The minimum absolute atomic E-state index is 0.181. The van der Waals surface area contributed by atoms with Crippen LogP contribution in [0.25, 0.3) is 0 Å². The Bertz CT molecular complexity index is 732. The van der Waals surface area contributed by atoms with Crippen LogP contribution in [-0.2, 0) is 6.42 Å². The number of rotatable bonds is 11. The summed E-state index contributed by atoms with van der Waals surface area (Å²) in [6.07, 6.45) is 10.8. The summed E-state index contributed by atoms with van der Waals surface area (Å²) in [4.78, 5) is 0. The van der Waals surface area contributed by atoms with Gasteiger partial charge in [0.15, 0.2) is 11.5 Å². The van der Waals surface area contributed by atoms with Crippen molar-refractivity contribution in [3.63, 3.8) is 0 Å². The standard InChI is InChI=1S/C19H31NO.C7H8O2/c1-3-4-5-6-7-8-13-20-15-17-10-9-16-11-12-18(21-2)14-19(16)17;1-9-7-5-3-2-4-6(7)8/h11-12,14,17,20H,3-10,13,15H2,1-2H3;2-5,8H,1H3. The first-order valence-corrected chi connectivity index (χ1v) is 11.4. The number of unbranched alkanes of at least 4 members (excludes halogenated alkanes) is 5. The summed E-state index contributed by atoms with van der Waals surface area (Å²) >= 11 is 0. The Morgan fingerprint density at radius 3 is 2.43 bits per heavy atom. The van der Waals surface area contributed by atoms with E-state index in [-0.39, 0.29) is 5.75 Å². The molecule has 30 heavy (non-hydrogen) atoms. The summed E-state index contributed by atoms with van der Waals surface area (Å²) in [5, 5.41) is 12.6. The summed E-state index contributed by atoms with van der Waals surface area (Å²) in [5.41, 5.74) is 3.02. The quantitative estimate of drug-likeness (QED) is 0.439. The SMILES string of the molecule is CCCCCCCCNCC1CCc2ccc(OC)cc21.COc1ccccc1O. The Kier molecular flexibility index (Phi) is 11.2. The Labute approximate surface area is 182 Å². The number of ether oxygens (including phenoxy) is 2. The first-order valence-electron chi connectivity index (χ1n) is 11.4. The van der Waals surface area contributed by atoms with Crippen LogP contribution in [0, 0.1) is 0 Å². The largest absolute Gasteiger partial charge is 0.504 e. The minimum atomic E-state index is 0.181. The van der Waals surface area contributed by atoms with E-state index in [0.29, 0.717) is 11.7 Å². The van der Waals surface area contributed by atoms with Gasteiger partial charge in [-0.15, -0.1) is 0 Å². The van der Waals surface area contributed by atoms with E-state index in [1.54, 1.807) is 31.4 Å². The van der Waals surface area contributed by atoms with Crippen molar-refractivity contribution in [2.24, 2.45) is 0 Å². The second-order valence-corrected chi connectivity index (χ2v) is 7.94. The van der Waals surface area contributed by atoms with Gasteiger partial charge in [-0.05, 0) is 67.1 Å². The number of para-hydroxylation sites is 2. The molecule has 0 aromatic heterocycles. The molecular formula is C26H39NO3. The third-order valence-corrected chi connectivity index (χ3v) is 5.74. The lowest BCUT2D eigenvalue weighted by molar-refractivity contribution is 0.373. The minimum Gasteiger partial charge on any atom is -0.504 e. The molecule has 1 aliphatic carbocycles. The maximum atomic E-state index is 8.99. The molecule has 0 saturated heterocycles. The fourth-order valence-electron chi connectivity index (χ4n) is 3.94. The summed E-state index contributed by atoms with van der Waals surface area (Å²) < 4.78 is 10.2. The van der Waals surface area contributed by atoms with Gasteiger partial charge in [0.05, 0.1) is 14.2 Å². The fraction of sp³-hybridized carbons (Fsp3) is 0.538. The van der Waals surface area contributed by atoms with Crippen molar-refractivity contribution >= 4 is 0 Å². The molecule has 0 saturated carbocycles. The van der Waals surface area contributed by atoms with E-state index in [0.717, 1.165) is 12.3 Å². The van der Waals surface area contributed by atoms with Gasteiger partial charge in [-0.25, -0.2) is 0 Å². The number of hydrogen-bond donors (Lipinski definition) is 2. The zero-order chi connectivity index (χ0) is 21.6. The molecule has 166 valence electrons. The van der Waals surface area contributed by atoms with Crippen LogP contribution >= 0.6 is 0 Å². The Morgan fingerprint density at radius 2 is 1.73 bits per heavy atom. The third kappa shape index (κ3) is 7.91. The van der Waals surface area contributed by atoms with E-state index >= 15 is 0 Å². The zero-order valence-electron chi connectivity index (χ0n) is 19.0. The molecule has 0 amide bonds. The highest BCUT2D eigenvalue weighted by molar-refractivity contribution is 5.41. The molecule has 0 spiro atoms. The lowest BCUT2D eigenvalue weighted by atomic mass is 10.0. The van der Waals surface area contributed by atoms with Crippen LogP contribution in [0.5, 0.6) is 17.2 Å². The van der Waals surface area contributed by atoms with Crippen molar-refractivity contribution in [3.05, 3.63) is 53.6 Å². The second-order valence-electron chi connectivity index (χ2n) is 7.94. The van der Waals surface area contributed by atoms with Crippen LogP contribution < -0.4 is 14.8 Å². The van der Waals surface area contributed by atoms with Gasteiger partial charge in [0.25, 0.3) is 0 Å². The molecular weight excluding hydrogens is 374 g/mol. The summed E-state index contributed by atoms with van der Waals surface area (Å²) in [7, 11) is 3.28. The van der Waals surface area contributed by atoms with E-state index in [1.807, 2.05) is 0 Å². The van der Waals surface area contributed by atoms with E-state index in [1.165, 1.54) is 76.1 Å². The van der Waals surface area contributed by atoms with Gasteiger partial charge in [0.2, 0.25) is 0 Å². The van der Waals surface area contributed by atoms with Gasteiger partial charge in [-0.3, -0.25) is 0 Å². The molecule has 4 heteroatoms. The van der Waals surface area contributed by atoms with Crippen LogP contribution in [0.15, 0.2) is 42.5 Å². The molecule has 0 aliphatic heterocycles. The first kappa shape index (κ1) is 24.1. The predicted octanol–water partition coefficient (Wildman–Crippen LogP) is 6.08. The molecule has 0 fully saturated rings. The Morgan fingerprint density at radius 1 is 0.967 bits per heavy atom. The van der Waals surface area contributed by atoms with Gasteiger partial charge < -0.3 is 19.9 Å². The number of aromatic hydroxyl groups is 1. The van der Waals surface area contributed by atoms with Crippen LogP contribution in [0.4, 0.5) is 0 Å². The molecule has 1 unspecified atom stereocenters. The van der Waals surface area contributed by atoms with Crippen molar-refractivity contribution in [1.82, 2.24) is 5.32 Å². The maximum Gasteiger partial charge on any atom is 0.160 e.